The zero-order valence-electron chi connectivity index (χ0n) is 13.9. The first-order valence-electron chi connectivity index (χ1n) is 7.99. The maximum atomic E-state index is 12.9. The van der Waals surface area contributed by atoms with E-state index in [4.69, 9.17) is 4.84 Å². The molecule has 2 heterocycles. The number of hydrogen-bond donors (Lipinski definition) is 0. The molecule has 11 nitrogen and oxygen atoms in total. The molecule has 2 atom stereocenters. The number of nitro groups is 2. The SMILES string of the molecule is O=C1[C@H]2C(c3cccc([N+](=O)[O-])c3)=NO[C@H]2C(=O)N1c1ccc([N+](=O)[O-])cc1. The lowest BCUT2D eigenvalue weighted by atomic mass is 9.94. The molecule has 2 aromatic carbocycles. The van der Waals surface area contributed by atoms with Crippen LogP contribution in [0.15, 0.2) is 53.7 Å². The number of oxime groups is 1. The topological polar surface area (TPSA) is 145 Å². The summed E-state index contributed by atoms with van der Waals surface area (Å²) in [5.74, 6) is -2.33. The molecule has 0 unspecified atom stereocenters. The first-order valence-corrected chi connectivity index (χ1v) is 7.99. The van der Waals surface area contributed by atoms with Gasteiger partial charge in [-0.1, -0.05) is 17.3 Å². The maximum Gasteiger partial charge on any atom is 0.278 e. The van der Waals surface area contributed by atoms with E-state index in [-0.39, 0.29) is 22.8 Å². The number of anilines is 1. The van der Waals surface area contributed by atoms with Gasteiger partial charge in [0.05, 0.1) is 15.5 Å². The Balaban J connectivity index is 1.67. The van der Waals surface area contributed by atoms with Gasteiger partial charge in [-0.25, -0.2) is 4.90 Å². The Morgan fingerprint density at radius 3 is 2.25 bits per heavy atom. The van der Waals surface area contributed by atoms with Gasteiger partial charge in [-0.3, -0.25) is 29.8 Å². The van der Waals surface area contributed by atoms with Crippen LogP contribution in [-0.2, 0) is 14.4 Å². The monoisotopic (exact) mass is 382 g/mol. The van der Waals surface area contributed by atoms with Gasteiger partial charge in [0.1, 0.15) is 11.6 Å². The number of rotatable bonds is 4. The Morgan fingerprint density at radius 2 is 1.61 bits per heavy atom. The zero-order valence-corrected chi connectivity index (χ0v) is 13.9. The van der Waals surface area contributed by atoms with E-state index in [0.717, 1.165) is 4.90 Å². The highest BCUT2D eigenvalue weighted by atomic mass is 16.7. The van der Waals surface area contributed by atoms with Gasteiger partial charge in [0.15, 0.2) is 0 Å². The number of non-ortho nitro benzene ring substituents is 2. The summed E-state index contributed by atoms with van der Waals surface area (Å²) in [6.07, 6.45) is -1.18. The lowest BCUT2D eigenvalue weighted by Crippen LogP contribution is -2.33. The summed E-state index contributed by atoms with van der Waals surface area (Å²) in [7, 11) is 0. The summed E-state index contributed by atoms with van der Waals surface area (Å²) in [5.41, 5.74) is 0.215. The van der Waals surface area contributed by atoms with Crippen LogP contribution < -0.4 is 4.90 Å². The summed E-state index contributed by atoms with van der Waals surface area (Å²) in [6.45, 7) is 0. The van der Waals surface area contributed by atoms with Crippen molar-refractivity contribution in [2.75, 3.05) is 4.90 Å². The number of imide groups is 1. The van der Waals surface area contributed by atoms with E-state index in [1.165, 1.54) is 48.5 Å². The van der Waals surface area contributed by atoms with Gasteiger partial charge in [-0.05, 0) is 12.1 Å². The molecule has 0 bridgehead atoms. The lowest BCUT2D eigenvalue weighted by molar-refractivity contribution is -0.385. The Labute approximate surface area is 156 Å². The Hall–Kier alpha value is -4.15. The van der Waals surface area contributed by atoms with E-state index < -0.39 is 33.7 Å². The summed E-state index contributed by atoms with van der Waals surface area (Å²) >= 11 is 0. The molecule has 2 aliphatic rings. The molecule has 2 aliphatic heterocycles. The van der Waals surface area contributed by atoms with Gasteiger partial charge >= 0.3 is 0 Å². The van der Waals surface area contributed by atoms with Gasteiger partial charge < -0.3 is 4.84 Å². The second-order valence-corrected chi connectivity index (χ2v) is 6.07. The summed E-state index contributed by atoms with van der Waals surface area (Å²) in [5, 5.41) is 25.5. The highest BCUT2D eigenvalue weighted by Gasteiger charge is 2.56. The molecule has 2 amide bonds. The van der Waals surface area contributed by atoms with Gasteiger partial charge in [0.2, 0.25) is 12.0 Å². The van der Waals surface area contributed by atoms with E-state index in [2.05, 4.69) is 5.16 Å². The highest BCUT2D eigenvalue weighted by Crippen LogP contribution is 2.36. The first kappa shape index (κ1) is 17.3. The standard InChI is InChI=1S/C17H10N4O7/c22-16-13-14(9-2-1-3-12(8-9)21(26)27)18-28-15(13)17(23)19(16)10-4-6-11(7-5-10)20(24)25/h1-8,13,15H/t13-,15+/m0/s1. The van der Waals surface area contributed by atoms with Crippen molar-refractivity contribution >= 4 is 34.6 Å². The number of nitrogens with zero attached hydrogens (tertiary/aromatic N) is 4. The average molecular weight is 382 g/mol. The fourth-order valence-electron chi connectivity index (χ4n) is 3.17. The number of nitro benzene ring substituents is 2. The van der Waals surface area contributed by atoms with Crippen molar-refractivity contribution in [3.8, 4) is 0 Å². The summed E-state index contributed by atoms with van der Waals surface area (Å²) in [6, 6.07) is 10.5. The van der Waals surface area contributed by atoms with Crippen molar-refractivity contribution in [3.05, 3.63) is 74.3 Å². The third kappa shape index (κ3) is 2.57. The third-order valence-corrected chi connectivity index (χ3v) is 4.48. The number of amides is 2. The van der Waals surface area contributed by atoms with E-state index in [1.807, 2.05) is 0 Å². The van der Waals surface area contributed by atoms with Crippen LogP contribution in [0.5, 0.6) is 0 Å². The van der Waals surface area contributed by atoms with Crippen molar-refractivity contribution < 1.29 is 24.3 Å². The number of benzene rings is 2. The zero-order chi connectivity index (χ0) is 20.0. The minimum atomic E-state index is -1.18. The lowest BCUT2D eigenvalue weighted by Gasteiger charge is -2.15. The molecule has 0 aliphatic carbocycles. The second kappa shape index (κ2) is 6.23. The molecule has 140 valence electrons. The van der Waals surface area contributed by atoms with Crippen LogP contribution in [-0.4, -0.2) is 33.5 Å². The van der Waals surface area contributed by atoms with Gasteiger partial charge in [-0.15, -0.1) is 0 Å². The molecule has 11 heteroatoms. The summed E-state index contributed by atoms with van der Waals surface area (Å²) < 4.78 is 0. The second-order valence-electron chi connectivity index (χ2n) is 6.07. The van der Waals surface area contributed by atoms with Gasteiger partial charge in [0.25, 0.3) is 17.3 Å². The van der Waals surface area contributed by atoms with Crippen molar-refractivity contribution in [3.63, 3.8) is 0 Å². The van der Waals surface area contributed by atoms with Crippen LogP contribution in [0.25, 0.3) is 0 Å². The normalized spacial score (nSPS) is 20.6. The molecule has 0 N–H and O–H groups in total. The van der Waals surface area contributed by atoms with Gasteiger partial charge in [0, 0.05) is 29.8 Å². The van der Waals surface area contributed by atoms with E-state index in [1.54, 1.807) is 0 Å². The maximum absolute atomic E-state index is 12.9. The molecular weight excluding hydrogens is 372 g/mol. The largest absolute Gasteiger partial charge is 0.381 e. The first-order chi connectivity index (χ1) is 13.4. The van der Waals surface area contributed by atoms with Crippen molar-refractivity contribution in [1.82, 2.24) is 0 Å². The number of carbonyl (C=O) groups is 2. The van der Waals surface area contributed by atoms with Crippen molar-refractivity contribution in [1.29, 1.82) is 0 Å². The molecule has 1 fully saturated rings. The molecule has 4 rings (SSSR count). The van der Waals surface area contributed by atoms with Crippen LogP contribution in [0.2, 0.25) is 0 Å². The van der Waals surface area contributed by atoms with Crippen molar-refractivity contribution in [2.45, 2.75) is 6.10 Å². The van der Waals surface area contributed by atoms with Crippen LogP contribution in [0.1, 0.15) is 5.56 Å². The van der Waals surface area contributed by atoms with Crippen LogP contribution in [0.4, 0.5) is 17.1 Å². The van der Waals surface area contributed by atoms with Crippen LogP contribution in [0.3, 0.4) is 0 Å². The quantitative estimate of drug-likeness (QED) is 0.445. The predicted octanol–water partition coefficient (Wildman–Crippen LogP) is 1.80. The average Bonchev–Trinajstić information content (AvgIpc) is 3.22. The fourth-order valence-corrected chi connectivity index (χ4v) is 3.17. The molecule has 1 saturated heterocycles. The molecule has 0 saturated carbocycles. The predicted molar refractivity (Wildman–Crippen MR) is 93.6 cm³/mol. The third-order valence-electron chi connectivity index (χ3n) is 4.48. The molecule has 28 heavy (non-hydrogen) atoms. The minimum Gasteiger partial charge on any atom is -0.381 e. The van der Waals surface area contributed by atoms with E-state index in [0.29, 0.717) is 5.56 Å². The number of carbonyl (C=O) groups excluding carboxylic acids is 2. The fraction of sp³-hybridized carbons (Fsp3) is 0.118. The van der Waals surface area contributed by atoms with Gasteiger partial charge in [-0.2, -0.15) is 0 Å². The Bertz CT molecular complexity index is 1060. The minimum absolute atomic E-state index is 0.122. The molecular formula is C17H10N4O7. The molecule has 0 spiro atoms. The molecule has 0 aromatic heterocycles. The summed E-state index contributed by atoms with van der Waals surface area (Å²) in [4.78, 5) is 52.1. The number of hydrogen-bond acceptors (Lipinski definition) is 8. The number of fused-ring (bicyclic) bond motifs is 1. The highest BCUT2D eigenvalue weighted by molar-refractivity contribution is 6.32. The van der Waals surface area contributed by atoms with Crippen LogP contribution in [0, 0.1) is 26.1 Å². The van der Waals surface area contributed by atoms with E-state index >= 15 is 0 Å². The smallest absolute Gasteiger partial charge is 0.278 e. The molecule has 2 aromatic rings. The van der Waals surface area contributed by atoms with E-state index in [9.17, 15) is 29.8 Å². The molecule has 0 radical (unpaired) electrons. The van der Waals surface area contributed by atoms with Crippen molar-refractivity contribution in [2.24, 2.45) is 11.1 Å². The van der Waals surface area contributed by atoms with Crippen LogP contribution >= 0.6 is 0 Å². The Kier molecular flexibility index (Phi) is 3.84. The Morgan fingerprint density at radius 1 is 0.929 bits per heavy atom.